The van der Waals surface area contributed by atoms with Crippen molar-refractivity contribution < 1.29 is 48.5 Å². The fourth-order valence-corrected chi connectivity index (χ4v) is 7.26. The number of nitrogens with one attached hydrogen (secondary N) is 2. The van der Waals surface area contributed by atoms with Crippen LogP contribution in [0.4, 0.5) is 11.4 Å². The Labute approximate surface area is 284 Å². The van der Waals surface area contributed by atoms with E-state index in [-0.39, 0.29) is 22.5 Å². The Morgan fingerprint density at radius 3 is 1.50 bits per heavy atom. The molecule has 0 unspecified atom stereocenters. The number of allylic oxidation sites excluding steroid dienone is 2. The van der Waals surface area contributed by atoms with Crippen LogP contribution in [0, 0.1) is 0 Å². The minimum Gasteiger partial charge on any atom is -0.744 e. The predicted octanol–water partition coefficient (Wildman–Crippen LogP) is 3.12. The summed E-state index contributed by atoms with van der Waals surface area (Å²) in [5.41, 5.74) is 5.46. The molecule has 15 nitrogen and oxygen atoms in total. The molecule has 0 aliphatic heterocycles. The molecule has 0 bridgehead atoms. The van der Waals surface area contributed by atoms with E-state index in [1.54, 1.807) is 42.5 Å². The van der Waals surface area contributed by atoms with Crippen LogP contribution in [0.1, 0.15) is 27.0 Å². The van der Waals surface area contributed by atoms with Gasteiger partial charge in [-0.25, -0.2) is 25.3 Å². The lowest BCUT2D eigenvalue weighted by Crippen LogP contribution is -2.28. The number of hydrogen-bond donors (Lipinski definition) is 2. The van der Waals surface area contributed by atoms with Crippen LogP contribution in [0.15, 0.2) is 116 Å². The Hall–Kier alpha value is -5.63. The van der Waals surface area contributed by atoms with Crippen LogP contribution < -0.4 is 10.9 Å². The first-order valence-corrected chi connectivity index (χ1v) is 18.3. The average Bonchev–Trinajstić information content (AvgIpc) is 3.06. The van der Waals surface area contributed by atoms with Crippen LogP contribution in [0.3, 0.4) is 0 Å². The van der Waals surface area contributed by atoms with Crippen LogP contribution >= 0.6 is 0 Å². The first kappa shape index (κ1) is 34.2. The quantitative estimate of drug-likeness (QED) is 0.195. The first-order chi connectivity index (χ1) is 23.5. The number of rotatable bonds is 8. The maximum Gasteiger partial charge on any atom is 0.216 e. The highest BCUT2D eigenvalue weighted by Gasteiger charge is 2.33. The van der Waals surface area contributed by atoms with Crippen molar-refractivity contribution in [2.75, 3.05) is 10.9 Å². The van der Waals surface area contributed by atoms with Crippen molar-refractivity contribution in [1.82, 2.24) is 0 Å². The number of anilines is 2. The molecule has 2 aliphatic carbocycles. The molecule has 0 spiro atoms. The minimum absolute atomic E-state index is 0.0994. The van der Waals surface area contributed by atoms with Gasteiger partial charge in [0.25, 0.3) is 0 Å². The summed E-state index contributed by atoms with van der Waals surface area (Å²) in [7, 11) is -15.3. The molecule has 18 heteroatoms. The number of carbonyl (C=O) groups excluding carboxylic acids is 2. The number of ketones is 2. The number of carbonyl (C=O) groups is 2. The highest BCUT2D eigenvalue weighted by molar-refractivity contribution is 7.91. The Balaban J connectivity index is 1.21. The van der Waals surface area contributed by atoms with E-state index in [2.05, 4.69) is 21.1 Å². The van der Waals surface area contributed by atoms with Gasteiger partial charge in [-0.1, -0.05) is 54.6 Å². The average molecular weight is 732 g/mol. The first-order valence-electron chi connectivity index (χ1n) is 14.0. The van der Waals surface area contributed by atoms with Crippen LogP contribution in [0.25, 0.3) is 23.3 Å². The van der Waals surface area contributed by atoms with E-state index in [0.29, 0.717) is 22.4 Å². The summed E-state index contributed by atoms with van der Waals surface area (Å²) in [5.74, 6) is -1.85. The summed E-state index contributed by atoms with van der Waals surface area (Å²) in [6.45, 7) is 0. The number of fused-ring (bicyclic) bond motifs is 2. The number of hydrazone groups is 2. The molecule has 0 amide bonds. The molecule has 0 aromatic heterocycles. The minimum atomic E-state index is -5.26. The molecule has 0 saturated carbocycles. The molecule has 4 aromatic rings. The van der Waals surface area contributed by atoms with E-state index >= 15 is 0 Å². The second-order valence-electron chi connectivity index (χ2n) is 10.6. The Kier molecular flexibility index (Phi) is 8.68. The highest BCUT2D eigenvalue weighted by atomic mass is 32.2. The third-order valence-electron chi connectivity index (χ3n) is 7.47. The lowest BCUT2D eigenvalue weighted by Gasteiger charge is -2.22. The molecule has 4 aromatic carbocycles. The predicted molar refractivity (Wildman–Crippen MR) is 178 cm³/mol. The van der Waals surface area contributed by atoms with Crippen molar-refractivity contribution in [2.24, 2.45) is 10.2 Å². The zero-order valence-corrected chi connectivity index (χ0v) is 27.4. The number of nitrogens with zero attached hydrogens (tertiary/aromatic N) is 2. The summed E-state index contributed by atoms with van der Waals surface area (Å²) in [6, 6.07) is 20.2. The molecular weight excluding hydrogens is 713 g/mol. The zero-order valence-electron chi connectivity index (χ0n) is 24.9. The molecule has 2 aliphatic rings. The smallest absolute Gasteiger partial charge is 0.216 e. The summed E-state index contributed by atoms with van der Waals surface area (Å²) in [6.07, 6.45) is 3.38. The van der Waals surface area contributed by atoms with Crippen molar-refractivity contribution in [3.05, 3.63) is 118 Å². The molecule has 0 saturated heterocycles. The topological polar surface area (TPSA) is 255 Å². The van der Waals surface area contributed by atoms with Crippen molar-refractivity contribution >= 4 is 76.9 Å². The van der Waals surface area contributed by atoms with Gasteiger partial charge in [0.1, 0.15) is 41.8 Å². The molecule has 0 fully saturated rings. The van der Waals surface area contributed by atoms with Crippen LogP contribution in [-0.2, 0) is 35.1 Å². The van der Waals surface area contributed by atoms with E-state index in [9.17, 15) is 48.5 Å². The zero-order chi connectivity index (χ0) is 36.0. The van der Waals surface area contributed by atoms with Gasteiger partial charge >= 0.3 is 0 Å². The Morgan fingerprint density at radius 2 is 1.00 bits per heavy atom. The Morgan fingerprint density at radius 1 is 0.520 bits per heavy atom. The van der Waals surface area contributed by atoms with E-state index in [1.165, 1.54) is 36.4 Å². The summed E-state index contributed by atoms with van der Waals surface area (Å²) < 4.78 is 107. The Bertz CT molecular complexity index is 2580. The molecule has 50 heavy (non-hydrogen) atoms. The van der Waals surface area contributed by atoms with Gasteiger partial charge in [-0.05, 0) is 70.8 Å². The maximum absolute atomic E-state index is 13.2. The SMILES string of the molecule is O=C1C=Cc2cccc(S(=O)(=O)[O-])c2C1=NNc1ccc(-c2ccc(NN=C3C(=O)c4c(cccc4S(=O)(=O)[O-])C=C3S(=O)(=O)[O-])cc2)cc1. The van der Waals surface area contributed by atoms with Gasteiger partial charge in [0.2, 0.25) is 11.6 Å². The standard InChI is InChI=1S/C32H22N4O11S3/c37-24-16-11-20-3-1-5-25(48(39,40)41)28(20)30(24)35-33-22-12-7-18(8-13-22)19-9-14-23(15-10-19)34-36-31-27(50(45,46)47)17-21-4-2-6-26(49(42,43)44)29(21)32(31)38/h1-17,33-34H,(H,39,40,41)(H,42,43,44)(H,45,46,47)/p-3. The normalized spacial score (nSPS) is 16.2. The monoisotopic (exact) mass is 731 g/mol. The van der Waals surface area contributed by atoms with Crippen molar-refractivity contribution in [3.8, 4) is 11.1 Å². The molecule has 0 radical (unpaired) electrons. The second kappa shape index (κ2) is 12.7. The summed E-state index contributed by atoms with van der Waals surface area (Å²) >= 11 is 0. The van der Waals surface area contributed by atoms with Crippen LogP contribution in [0.5, 0.6) is 0 Å². The fraction of sp³-hybridized carbons (Fsp3) is 0. The molecule has 254 valence electrons. The fourth-order valence-electron chi connectivity index (χ4n) is 5.20. The lowest BCUT2D eigenvalue weighted by molar-refractivity contribution is -0.108. The van der Waals surface area contributed by atoms with Gasteiger partial charge in [-0.15, -0.1) is 0 Å². The van der Waals surface area contributed by atoms with Gasteiger partial charge in [0.15, 0.2) is 0 Å². The number of hydrogen-bond acceptors (Lipinski definition) is 15. The van der Waals surface area contributed by atoms with Crippen LogP contribution in [-0.4, -0.2) is 61.9 Å². The van der Waals surface area contributed by atoms with E-state index in [1.807, 2.05) is 0 Å². The van der Waals surface area contributed by atoms with Crippen molar-refractivity contribution in [1.29, 1.82) is 0 Å². The molecular formula is C32H19N4O11S3-3. The van der Waals surface area contributed by atoms with Gasteiger partial charge in [0.05, 0.1) is 26.1 Å². The van der Waals surface area contributed by atoms with Gasteiger partial charge in [-0.3, -0.25) is 20.4 Å². The number of benzene rings is 4. The lowest BCUT2D eigenvalue weighted by atomic mass is 9.94. The largest absolute Gasteiger partial charge is 0.744 e. The van der Waals surface area contributed by atoms with E-state index in [4.69, 9.17) is 0 Å². The van der Waals surface area contributed by atoms with Crippen LogP contribution in [0.2, 0.25) is 0 Å². The molecule has 0 heterocycles. The third-order valence-corrected chi connectivity index (χ3v) is 10.1. The molecule has 6 rings (SSSR count). The third kappa shape index (κ3) is 6.79. The molecule has 2 N–H and O–H groups in total. The van der Waals surface area contributed by atoms with Gasteiger partial charge in [-0.2, -0.15) is 10.2 Å². The van der Waals surface area contributed by atoms with Gasteiger partial charge in [0, 0.05) is 11.1 Å². The second-order valence-corrected chi connectivity index (χ2v) is 14.7. The summed E-state index contributed by atoms with van der Waals surface area (Å²) in [5, 5.41) is 7.88. The van der Waals surface area contributed by atoms with Gasteiger partial charge < -0.3 is 13.7 Å². The van der Waals surface area contributed by atoms with E-state index < -0.39 is 67.9 Å². The van der Waals surface area contributed by atoms with E-state index in [0.717, 1.165) is 24.3 Å². The summed E-state index contributed by atoms with van der Waals surface area (Å²) in [4.78, 5) is 23.3. The number of Topliss-reactive ketones (excluding diaryl/α,β-unsaturated/α-hetero) is 1. The van der Waals surface area contributed by atoms with Crippen molar-refractivity contribution in [3.63, 3.8) is 0 Å². The molecule has 0 atom stereocenters. The van der Waals surface area contributed by atoms with Crippen molar-refractivity contribution in [2.45, 2.75) is 9.79 Å². The maximum atomic E-state index is 13.2. The highest BCUT2D eigenvalue weighted by Crippen LogP contribution is 2.31.